The van der Waals surface area contributed by atoms with E-state index in [1.54, 1.807) is 6.07 Å². The summed E-state index contributed by atoms with van der Waals surface area (Å²) in [7, 11) is 0. The molecule has 41 heavy (non-hydrogen) atoms. The third-order valence-corrected chi connectivity index (χ3v) is 7.19. The summed E-state index contributed by atoms with van der Waals surface area (Å²) in [6, 6.07) is 15.6. The molecule has 0 aliphatic heterocycles. The minimum atomic E-state index is -0.470. The van der Waals surface area contributed by atoms with Gasteiger partial charge in [-0.2, -0.15) is 0 Å². The van der Waals surface area contributed by atoms with Crippen LogP contribution in [0.4, 0.5) is 10.5 Å². The number of rotatable bonds is 24. The molecule has 0 aliphatic carbocycles. The zero-order valence-electron chi connectivity index (χ0n) is 26.3. The Bertz CT molecular complexity index is 915. The Labute approximate surface area is 250 Å². The molecule has 0 aromatic heterocycles. The van der Waals surface area contributed by atoms with Crippen LogP contribution in [0.25, 0.3) is 0 Å². The highest BCUT2D eigenvalue weighted by molar-refractivity contribution is 5.85. The highest BCUT2D eigenvalue weighted by Gasteiger charge is 2.09. The molecule has 2 aromatic carbocycles. The van der Waals surface area contributed by atoms with Crippen LogP contribution in [0, 0.1) is 5.92 Å². The van der Waals surface area contributed by atoms with Crippen LogP contribution in [-0.2, 0) is 11.3 Å². The van der Waals surface area contributed by atoms with Gasteiger partial charge in [-0.1, -0.05) is 147 Å². The zero-order valence-corrected chi connectivity index (χ0v) is 26.3. The van der Waals surface area contributed by atoms with Gasteiger partial charge in [0.2, 0.25) is 0 Å². The fourth-order valence-corrected chi connectivity index (χ4v) is 4.79. The first-order valence-electron chi connectivity index (χ1n) is 16.4. The van der Waals surface area contributed by atoms with Gasteiger partial charge < -0.3 is 14.2 Å². The van der Waals surface area contributed by atoms with Crippen LogP contribution in [0.5, 0.6) is 11.5 Å². The van der Waals surface area contributed by atoms with Crippen LogP contribution in [-0.4, -0.2) is 19.3 Å². The predicted octanol–water partition coefficient (Wildman–Crippen LogP) is 11.1. The molecular formula is C36H57NO4. The Kier molecular flexibility index (Phi) is 19.3. The predicted molar refractivity (Wildman–Crippen MR) is 172 cm³/mol. The van der Waals surface area contributed by atoms with Crippen molar-refractivity contribution in [1.82, 2.24) is 0 Å². The minimum absolute atomic E-state index is 0.278. The highest BCUT2D eigenvalue weighted by atomic mass is 16.5. The number of amides is 1. The van der Waals surface area contributed by atoms with E-state index in [1.807, 2.05) is 56.3 Å². The molecule has 5 nitrogen and oxygen atoms in total. The van der Waals surface area contributed by atoms with Crippen molar-refractivity contribution >= 4 is 11.8 Å². The summed E-state index contributed by atoms with van der Waals surface area (Å²) in [5, 5.41) is 2.81. The molecule has 0 saturated heterocycles. The molecule has 2 rings (SSSR count). The van der Waals surface area contributed by atoms with E-state index in [0.717, 1.165) is 12.0 Å². The molecule has 0 unspecified atom stereocenters. The van der Waals surface area contributed by atoms with E-state index < -0.39 is 6.09 Å². The lowest BCUT2D eigenvalue weighted by Gasteiger charge is -2.14. The zero-order chi connectivity index (χ0) is 29.4. The summed E-state index contributed by atoms with van der Waals surface area (Å²) in [6.45, 7) is 7.77. The molecule has 1 amide bonds. The van der Waals surface area contributed by atoms with E-state index in [0.29, 0.717) is 37.0 Å². The Balaban J connectivity index is 1.62. The number of benzene rings is 2. The number of carbonyl (C=O) groups is 1. The molecule has 1 N–H and O–H groups in total. The Morgan fingerprint density at radius 3 is 1.73 bits per heavy atom. The lowest BCUT2D eigenvalue weighted by molar-refractivity contribution is 0.147. The first kappa shape index (κ1) is 34.5. The van der Waals surface area contributed by atoms with Gasteiger partial charge in [-0.25, -0.2) is 4.79 Å². The van der Waals surface area contributed by atoms with Gasteiger partial charge in [0.15, 0.2) is 0 Å². The van der Waals surface area contributed by atoms with Crippen LogP contribution >= 0.6 is 0 Å². The van der Waals surface area contributed by atoms with Crippen LogP contribution in [0.3, 0.4) is 0 Å². The number of hydrogen-bond donors (Lipinski definition) is 1. The van der Waals surface area contributed by atoms with E-state index in [9.17, 15) is 4.79 Å². The van der Waals surface area contributed by atoms with Gasteiger partial charge in [-0.15, -0.1) is 0 Å². The van der Waals surface area contributed by atoms with E-state index in [4.69, 9.17) is 14.2 Å². The van der Waals surface area contributed by atoms with Gasteiger partial charge in [0.05, 0.1) is 18.9 Å². The van der Waals surface area contributed by atoms with Crippen molar-refractivity contribution in [2.75, 3.05) is 18.5 Å². The number of hydrogen-bond acceptors (Lipinski definition) is 4. The molecule has 0 fully saturated rings. The van der Waals surface area contributed by atoms with E-state index >= 15 is 0 Å². The van der Waals surface area contributed by atoms with Gasteiger partial charge in [-0.3, -0.25) is 5.32 Å². The minimum Gasteiger partial charge on any atom is -0.493 e. The topological polar surface area (TPSA) is 56.8 Å². The number of carbonyl (C=O) groups excluding carboxylic acids is 1. The average molecular weight is 568 g/mol. The molecular weight excluding hydrogens is 510 g/mol. The van der Waals surface area contributed by atoms with Crippen LogP contribution < -0.4 is 14.8 Å². The smallest absolute Gasteiger partial charge is 0.411 e. The molecule has 0 radical (unpaired) electrons. The highest BCUT2D eigenvalue weighted by Crippen LogP contribution is 2.27. The lowest BCUT2D eigenvalue weighted by Crippen LogP contribution is -2.16. The van der Waals surface area contributed by atoms with Gasteiger partial charge in [-0.05, 0) is 17.9 Å². The molecule has 0 bridgehead atoms. The lowest BCUT2D eigenvalue weighted by atomic mass is 10.0. The molecule has 230 valence electrons. The second kappa shape index (κ2) is 22.9. The van der Waals surface area contributed by atoms with Crippen LogP contribution in [0.1, 0.15) is 129 Å². The van der Waals surface area contributed by atoms with Crippen LogP contribution in [0.15, 0.2) is 48.5 Å². The maximum Gasteiger partial charge on any atom is 0.411 e. The summed E-state index contributed by atoms with van der Waals surface area (Å²) in [5.74, 6) is 1.62. The van der Waals surface area contributed by atoms with E-state index in [2.05, 4.69) is 12.2 Å². The maximum atomic E-state index is 12.2. The van der Waals surface area contributed by atoms with Gasteiger partial charge in [0.1, 0.15) is 18.1 Å². The summed E-state index contributed by atoms with van der Waals surface area (Å²) in [6.07, 6.45) is 21.1. The summed E-state index contributed by atoms with van der Waals surface area (Å²) in [4.78, 5) is 12.2. The van der Waals surface area contributed by atoms with Crippen molar-refractivity contribution in [3.8, 4) is 11.5 Å². The third-order valence-electron chi connectivity index (χ3n) is 7.19. The quantitative estimate of drug-likeness (QED) is 0.128. The first-order chi connectivity index (χ1) is 20.1. The van der Waals surface area contributed by atoms with Crippen molar-refractivity contribution in [3.63, 3.8) is 0 Å². The fourth-order valence-electron chi connectivity index (χ4n) is 4.79. The molecule has 5 heteroatoms. The van der Waals surface area contributed by atoms with Gasteiger partial charge in [0.25, 0.3) is 0 Å². The molecule has 0 spiro atoms. The monoisotopic (exact) mass is 567 g/mol. The molecule has 0 atom stereocenters. The second-order valence-electron chi connectivity index (χ2n) is 11.7. The fraction of sp³-hybridized carbons (Fsp3) is 0.639. The van der Waals surface area contributed by atoms with Crippen LogP contribution in [0.2, 0.25) is 0 Å². The standard InChI is InChI=1S/C36H57NO4/c1-4-5-6-7-8-9-10-11-12-13-14-15-16-17-18-22-25-39-34-26-33(37-36(38)41-29-31(2)3)27-35(28-34)40-30-32-23-20-19-21-24-32/h19-21,23-24,26-28,31H,4-18,22,25,29-30H2,1-3H3,(H,37,38). The Hall–Kier alpha value is -2.69. The molecule has 2 aromatic rings. The SMILES string of the molecule is CCCCCCCCCCCCCCCCCCOc1cc(NC(=O)OCC(C)C)cc(OCc2ccccc2)c1. The number of nitrogens with one attached hydrogen (secondary N) is 1. The Morgan fingerprint density at radius 1 is 0.683 bits per heavy atom. The van der Waals surface area contributed by atoms with Crippen molar-refractivity contribution < 1.29 is 19.0 Å². The Morgan fingerprint density at radius 2 is 1.20 bits per heavy atom. The van der Waals surface area contributed by atoms with Crippen molar-refractivity contribution in [3.05, 3.63) is 54.1 Å². The van der Waals surface area contributed by atoms with Gasteiger partial charge in [0, 0.05) is 18.2 Å². The van der Waals surface area contributed by atoms with Crippen molar-refractivity contribution in [1.29, 1.82) is 0 Å². The largest absolute Gasteiger partial charge is 0.493 e. The summed E-state index contributed by atoms with van der Waals surface area (Å²) >= 11 is 0. The van der Waals surface area contributed by atoms with E-state index in [1.165, 1.54) is 96.3 Å². The summed E-state index contributed by atoms with van der Waals surface area (Å²) in [5.41, 5.74) is 1.68. The average Bonchev–Trinajstić information content (AvgIpc) is 2.97. The molecule has 0 saturated carbocycles. The first-order valence-corrected chi connectivity index (χ1v) is 16.4. The third kappa shape index (κ3) is 18.4. The molecule has 0 heterocycles. The van der Waals surface area contributed by atoms with Crippen molar-refractivity contribution in [2.45, 2.75) is 130 Å². The normalized spacial score (nSPS) is 11.0. The van der Waals surface area contributed by atoms with Crippen molar-refractivity contribution in [2.24, 2.45) is 5.92 Å². The van der Waals surface area contributed by atoms with Gasteiger partial charge >= 0.3 is 6.09 Å². The number of ether oxygens (including phenoxy) is 3. The number of anilines is 1. The second-order valence-corrected chi connectivity index (χ2v) is 11.7. The molecule has 0 aliphatic rings. The summed E-state index contributed by atoms with van der Waals surface area (Å²) < 4.78 is 17.4. The van der Waals surface area contributed by atoms with E-state index in [-0.39, 0.29) is 5.92 Å². The maximum absolute atomic E-state index is 12.2. The number of unbranched alkanes of at least 4 members (excludes halogenated alkanes) is 15.